The first kappa shape index (κ1) is 25.7. The quantitative estimate of drug-likeness (QED) is 0.553. The lowest BCUT2D eigenvalue weighted by Gasteiger charge is -2.41. The van der Waals surface area contributed by atoms with Gasteiger partial charge in [0.1, 0.15) is 5.67 Å². The number of carboxylic acid groups (broad SMARTS) is 1. The van der Waals surface area contributed by atoms with E-state index in [1.54, 1.807) is 6.92 Å². The van der Waals surface area contributed by atoms with Crippen molar-refractivity contribution in [2.75, 3.05) is 6.61 Å². The van der Waals surface area contributed by atoms with Gasteiger partial charge in [0.15, 0.2) is 11.6 Å². The first-order valence-electron chi connectivity index (χ1n) is 13.3. The standard InChI is InChI=1S/C30H35F2NO4/c1-16-20-6-5-11-37-29(20)25(31)12-22(16)28-18(3)24-15-33(19-7-9-30(4,32)10-8-19)26(34)13-21(24)17(2)23(28)14-27(35)36/h12,19H,5-11,13-15H2,1-4H3,(H,35,36). The lowest BCUT2D eigenvalue weighted by atomic mass is 9.78. The van der Waals surface area contributed by atoms with E-state index in [0.29, 0.717) is 62.1 Å². The number of hydrogen-bond acceptors (Lipinski definition) is 3. The van der Waals surface area contributed by atoms with Crippen LogP contribution in [-0.4, -0.2) is 40.2 Å². The summed E-state index contributed by atoms with van der Waals surface area (Å²) in [5, 5.41) is 9.78. The summed E-state index contributed by atoms with van der Waals surface area (Å²) in [5.74, 6) is -1.10. The van der Waals surface area contributed by atoms with Gasteiger partial charge in [-0.15, -0.1) is 0 Å². The molecule has 1 N–H and O–H groups in total. The van der Waals surface area contributed by atoms with Crippen LogP contribution in [0.5, 0.6) is 5.75 Å². The molecule has 3 aliphatic rings. The minimum absolute atomic E-state index is 0.00430. The number of fused-ring (bicyclic) bond motifs is 2. The molecule has 0 bridgehead atoms. The molecule has 2 aliphatic heterocycles. The second-order valence-corrected chi connectivity index (χ2v) is 11.3. The lowest BCUT2D eigenvalue weighted by molar-refractivity contribution is -0.136. The monoisotopic (exact) mass is 511 g/mol. The molecule has 1 saturated carbocycles. The van der Waals surface area contributed by atoms with Gasteiger partial charge in [0, 0.05) is 18.2 Å². The van der Waals surface area contributed by atoms with Gasteiger partial charge in [-0.3, -0.25) is 9.59 Å². The highest BCUT2D eigenvalue weighted by atomic mass is 19.1. The summed E-state index contributed by atoms with van der Waals surface area (Å²) in [6, 6.07) is 1.47. The van der Waals surface area contributed by atoms with Crippen molar-refractivity contribution in [2.45, 2.75) is 97.3 Å². The zero-order chi connectivity index (χ0) is 26.6. The first-order valence-corrected chi connectivity index (χ1v) is 13.3. The van der Waals surface area contributed by atoms with Crippen molar-refractivity contribution in [1.82, 2.24) is 4.90 Å². The van der Waals surface area contributed by atoms with E-state index in [9.17, 15) is 19.1 Å². The minimum atomic E-state index is -1.18. The fourth-order valence-corrected chi connectivity index (χ4v) is 6.67. The van der Waals surface area contributed by atoms with Crippen molar-refractivity contribution in [2.24, 2.45) is 0 Å². The number of ether oxygens (including phenoxy) is 1. The van der Waals surface area contributed by atoms with E-state index in [-0.39, 0.29) is 24.8 Å². The van der Waals surface area contributed by atoms with Crippen LogP contribution in [-0.2, 0) is 35.4 Å². The van der Waals surface area contributed by atoms with Crippen molar-refractivity contribution in [1.29, 1.82) is 0 Å². The van der Waals surface area contributed by atoms with Crippen LogP contribution in [0.4, 0.5) is 8.78 Å². The SMILES string of the molecule is Cc1c(-c2c(C)c3c(c(C)c2CC(=O)O)CC(=O)N(C2CCC(C)(F)CC2)C3)cc(F)c2c1CCCO2. The molecular weight excluding hydrogens is 476 g/mol. The summed E-state index contributed by atoms with van der Waals surface area (Å²) in [5.41, 5.74) is 6.20. The summed E-state index contributed by atoms with van der Waals surface area (Å²) in [6.07, 6.45) is 3.63. The van der Waals surface area contributed by atoms with Crippen molar-refractivity contribution >= 4 is 11.9 Å². The van der Waals surface area contributed by atoms with Crippen molar-refractivity contribution < 1.29 is 28.2 Å². The van der Waals surface area contributed by atoms with E-state index in [4.69, 9.17) is 4.74 Å². The molecule has 5 nitrogen and oxygen atoms in total. The largest absolute Gasteiger partial charge is 0.490 e. The van der Waals surface area contributed by atoms with Gasteiger partial charge >= 0.3 is 5.97 Å². The maximum Gasteiger partial charge on any atom is 0.307 e. The van der Waals surface area contributed by atoms with Gasteiger partial charge in [-0.2, -0.15) is 0 Å². The molecule has 1 aliphatic carbocycles. The van der Waals surface area contributed by atoms with E-state index in [0.717, 1.165) is 45.4 Å². The fraction of sp³-hybridized carbons (Fsp3) is 0.533. The molecular formula is C30H35F2NO4. The third-order valence-electron chi connectivity index (χ3n) is 8.85. The number of aliphatic carboxylic acids is 1. The van der Waals surface area contributed by atoms with Crippen molar-refractivity contribution in [3.63, 3.8) is 0 Å². The Morgan fingerprint density at radius 3 is 2.51 bits per heavy atom. The summed E-state index contributed by atoms with van der Waals surface area (Å²) in [4.78, 5) is 27.1. The normalized spacial score (nSPS) is 23.4. The number of nitrogens with zero attached hydrogens (tertiary/aromatic N) is 1. The van der Waals surface area contributed by atoms with E-state index < -0.39 is 17.5 Å². The molecule has 2 aromatic rings. The Balaban J connectivity index is 1.65. The fourth-order valence-electron chi connectivity index (χ4n) is 6.67. The Morgan fingerprint density at radius 1 is 1.14 bits per heavy atom. The van der Waals surface area contributed by atoms with Gasteiger partial charge < -0.3 is 14.7 Å². The first-order chi connectivity index (χ1) is 17.5. The number of carbonyl (C=O) groups is 2. The molecule has 0 radical (unpaired) electrons. The number of benzene rings is 2. The summed E-state index contributed by atoms with van der Waals surface area (Å²) in [7, 11) is 0. The molecule has 2 aromatic carbocycles. The van der Waals surface area contributed by atoms with Gasteiger partial charge in [-0.25, -0.2) is 8.78 Å². The van der Waals surface area contributed by atoms with Crippen LogP contribution in [0.2, 0.25) is 0 Å². The van der Waals surface area contributed by atoms with Crippen LogP contribution in [0.25, 0.3) is 11.1 Å². The Bertz CT molecular complexity index is 1290. The van der Waals surface area contributed by atoms with Gasteiger partial charge in [0.05, 0.1) is 19.4 Å². The maximum absolute atomic E-state index is 15.3. The van der Waals surface area contributed by atoms with Crippen LogP contribution in [0.3, 0.4) is 0 Å². The Kier molecular flexibility index (Phi) is 6.53. The van der Waals surface area contributed by atoms with Crippen LogP contribution in [0.15, 0.2) is 6.07 Å². The van der Waals surface area contributed by atoms with Gasteiger partial charge in [-0.05, 0) is 117 Å². The van der Waals surface area contributed by atoms with Gasteiger partial charge in [0.25, 0.3) is 0 Å². The zero-order valence-electron chi connectivity index (χ0n) is 22.1. The number of halogens is 2. The van der Waals surface area contributed by atoms with Crippen LogP contribution < -0.4 is 4.74 Å². The summed E-state index contributed by atoms with van der Waals surface area (Å²) < 4.78 is 35.3. The van der Waals surface area contributed by atoms with Crippen LogP contribution in [0.1, 0.15) is 78.0 Å². The molecule has 37 heavy (non-hydrogen) atoms. The van der Waals surface area contributed by atoms with Crippen molar-refractivity contribution in [3.05, 3.63) is 50.8 Å². The number of rotatable bonds is 4. The third kappa shape index (κ3) is 4.51. The van der Waals surface area contributed by atoms with Crippen LogP contribution >= 0.6 is 0 Å². The molecule has 1 amide bonds. The average Bonchev–Trinajstić information content (AvgIpc) is 2.85. The predicted octanol–water partition coefficient (Wildman–Crippen LogP) is 5.93. The molecule has 0 unspecified atom stereocenters. The van der Waals surface area contributed by atoms with Crippen molar-refractivity contribution in [3.8, 4) is 16.9 Å². The average molecular weight is 512 g/mol. The predicted molar refractivity (Wildman–Crippen MR) is 137 cm³/mol. The number of carboxylic acids is 1. The van der Waals surface area contributed by atoms with Gasteiger partial charge in [-0.1, -0.05) is 0 Å². The zero-order valence-corrected chi connectivity index (χ0v) is 22.1. The molecule has 0 saturated heterocycles. The number of carbonyl (C=O) groups excluding carboxylic acids is 1. The van der Waals surface area contributed by atoms with E-state index in [1.807, 2.05) is 25.7 Å². The molecule has 198 valence electrons. The van der Waals surface area contributed by atoms with Crippen LogP contribution in [0, 0.1) is 26.6 Å². The Labute approximate surface area is 216 Å². The Hall–Kier alpha value is -2.96. The van der Waals surface area contributed by atoms with Gasteiger partial charge in [0.2, 0.25) is 5.91 Å². The summed E-state index contributed by atoms with van der Waals surface area (Å²) in [6.45, 7) is 8.31. The molecule has 5 rings (SSSR count). The molecule has 2 heterocycles. The maximum atomic E-state index is 15.3. The second kappa shape index (κ2) is 9.41. The highest BCUT2D eigenvalue weighted by molar-refractivity contribution is 5.87. The number of amides is 1. The number of alkyl halides is 1. The summed E-state index contributed by atoms with van der Waals surface area (Å²) >= 11 is 0. The third-order valence-corrected chi connectivity index (χ3v) is 8.85. The topological polar surface area (TPSA) is 66.8 Å². The van der Waals surface area contributed by atoms with E-state index >= 15 is 4.39 Å². The Morgan fingerprint density at radius 2 is 1.84 bits per heavy atom. The molecule has 0 atom stereocenters. The minimum Gasteiger partial charge on any atom is -0.490 e. The molecule has 0 spiro atoms. The van der Waals surface area contributed by atoms with E-state index in [1.165, 1.54) is 6.07 Å². The molecule has 1 fully saturated rings. The smallest absolute Gasteiger partial charge is 0.307 e. The highest BCUT2D eigenvalue weighted by Gasteiger charge is 2.38. The molecule has 0 aromatic heterocycles. The molecule has 7 heteroatoms. The highest BCUT2D eigenvalue weighted by Crippen LogP contribution is 2.44. The van der Waals surface area contributed by atoms with E-state index in [2.05, 4.69) is 0 Å². The number of hydrogen-bond donors (Lipinski definition) is 1. The second-order valence-electron chi connectivity index (χ2n) is 11.3. The lowest BCUT2D eigenvalue weighted by Crippen LogP contribution is -2.47.